The number of amides is 2. The van der Waals surface area contributed by atoms with Crippen molar-refractivity contribution in [3.05, 3.63) is 29.6 Å². The number of sulfone groups is 1. The van der Waals surface area contributed by atoms with Gasteiger partial charge in [-0.1, -0.05) is 29.3 Å². The Morgan fingerprint density at radius 2 is 1.94 bits per heavy atom. The van der Waals surface area contributed by atoms with Crippen LogP contribution in [0.15, 0.2) is 27.7 Å². The molecule has 0 aliphatic heterocycles. The van der Waals surface area contributed by atoms with E-state index >= 15 is 0 Å². The molecule has 1 aliphatic rings. The summed E-state index contributed by atoms with van der Waals surface area (Å²) in [5, 5.41) is 23.4. The Labute approximate surface area is 196 Å². The van der Waals surface area contributed by atoms with Crippen molar-refractivity contribution < 1.29 is 27.9 Å². The first-order valence-electron chi connectivity index (χ1n) is 9.97. The fraction of sp³-hybridized carbons (Fsp3) is 0.333. The number of carbonyl (C=O) groups is 3. The van der Waals surface area contributed by atoms with Crippen LogP contribution in [0.1, 0.15) is 46.5 Å². The Morgan fingerprint density at radius 1 is 1.21 bits per heavy atom. The number of aryl methyl sites for hydroxylation is 1. The molecule has 0 unspecified atom stereocenters. The summed E-state index contributed by atoms with van der Waals surface area (Å²) >= 11 is 0.423. The molecule has 3 aromatic heterocycles. The van der Waals surface area contributed by atoms with Crippen LogP contribution in [0.4, 0.5) is 15.7 Å². The number of aromatic carboxylic acids is 1. The van der Waals surface area contributed by atoms with E-state index in [0.717, 1.165) is 30.4 Å². The molecule has 0 spiro atoms. The van der Waals surface area contributed by atoms with Gasteiger partial charge >= 0.3 is 12.0 Å². The predicted octanol–water partition coefficient (Wildman–Crippen LogP) is 1.61. The lowest BCUT2D eigenvalue weighted by Gasteiger charge is -2.12. The average Bonchev–Trinajstić information content (AvgIpc) is 3.54. The second-order valence-corrected chi connectivity index (χ2v) is 10.4. The van der Waals surface area contributed by atoms with Crippen molar-refractivity contribution in [2.24, 2.45) is 13.0 Å². The van der Waals surface area contributed by atoms with E-state index in [-0.39, 0.29) is 28.2 Å². The van der Waals surface area contributed by atoms with Crippen LogP contribution in [0.25, 0.3) is 0 Å². The van der Waals surface area contributed by atoms with Crippen LogP contribution in [-0.2, 0) is 16.9 Å². The zero-order chi connectivity index (χ0) is 24.5. The number of urea groups is 1. The first kappa shape index (κ1) is 23.4. The molecule has 1 fully saturated rings. The Hall–Kier alpha value is -3.79. The summed E-state index contributed by atoms with van der Waals surface area (Å²) in [6, 6.07) is 2.27. The number of carbonyl (C=O) groups excluding carboxylic acids is 2. The number of nitrogens with one attached hydrogen (secondary N) is 2. The molecule has 1 saturated carbocycles. The maximum Gasteiger partial charge on any atom is 0.356 e. The van der Waals surface area contributed by atoms with Gasteiger partial charge in [0.25, 0.3) is 15.0 Å². The molecule has 3 heterocycles. The number of pyridine rings is 1. The molecule has 178 valence electrons. The second-order valence-electron chi connectivity index (χ2n) is 7.37. The Bertz CT molecular complexity index is 1380. The summed E-state index contributed by atoms with van der Waals surface area (Å²) in [6.07, 6.45) is 4.88. The highest BCUT2D eigenvalue weighted by atomic mass is 32.2. The lowest BCUT2D eigenvalue weighted by Crippen LogP contribution is -2.23. The topological polar surface area (TPSA) is 199 Å². The van der Waals surface area contributed by atoms with Crippen molar-refractivity contribution in [1.29, 1.82) is 0 Å². The predicted molar refractivity (Wildman–Crippen MR) is 116 cm³/mol. The molecular formula is C18H18N8O6S2. The fourth-order valence-electron chi connectivity index (χ4n) is 3.56. The van der Waals surface area contributed by atoms with Gasteiger partial charge in [-0.25, -0.2) is 32.7 Å². The van der Waals surface area contributed by atoms with Gasteiger partial charge in [-0.05, 0) is 35.4 Å². The zero-order valence-corrected chi connectivity index (χ0v) is 19.3. The van der Waals surface area contributed by atoms with Crippen LogP contribution in [0, 0.1) is 5.92 Å². The van der Waals surface area contributed by atoms with Crippen LogP contribution in [0.2, 0.25) is 0 Å². The van der Waals surface area contributed by atoms with E-state index < -0.39 is 36.9 Å². The van der Waals surface area contributed by atoms with Crippen molar-refractivity contribution in [3.63, 3.8) is 0 Å². The lowest BCUT2D eigenvalue weighted by atomic mass is 9.97. The monoisotopic (exact) mass is 506 g/mol. The van der Waals surface area contributed by atoms with E-state index in [2.05, 4.69) is 36.1 Å². The first-order chi connectivity index (χ1) is 16.2. The molecule has 0 radical (unpaired) electrons. The van der Waals surface area contributed by atoms with Crippen LogP contribution >= 0.6 is 11.3 Å². The SMILES string of the molecule is Cn1nnnc1S(=O)(=O)c1sc(NC(=O)Nc2ncccc2C(=O)C2CCCC2)nc1C(=O)O. The summed E-state index contributed by atoms with van der Waals surface area (Å²) in [6.45, 7) is 0. The number of Topliss-reactive ketones (excluding diaryl/α,β-unsaturated/α-hetero) is 1. The van der Waals surface area contributed by atoms with Gasteiger partial charge in [-0.3, -0.25) is 15.4 Å². The Morgan fingerprint density at radius 3 is 2.59 bits per heavy atom. The zero-order valence-electron chi connectivity index (χ0n) is 17.6. The van der Waals surface area contributed by atoms with Gasteiger partial charge in [0.1, 0.15) is 5.82 Å². The molecule has 2 amide bonds. The number of thiazole rings is 1. The summed E-state index contributed by atoms with van der Waals surface area (Å²) in [7, 11) is -3.15. The highest BCUT2D eigenvalue weighted by Crippen LogP contribution is 2.32. The van der Waals surface area contributed by atoms with Crippen LogP contribution in [-0.4, -0.2) is 61.5 Å². The number of hydrogen-bond donors (Lipinski definition) is 3. The van der Waals surface area contributed by atoms with E-state index in [1.165, 1.54) is 13.2 Å². The molecule has 0 atom stereocenters. The minimum absolute atomic E-state index is 0.0323. The van der Waals surface area contributed by atoms with Gasteiger partial charge < -0.3 is 5.11 Å². The number of ketones is 1. The van der Waals surface area contributed by atoms with Gasteiger partial charge in [-0.2, -0.15) is 0 Å². The van der Waals surface area contributed by atoms with E-state index in [0.29, 0.717) is 11.3 Å². The number of carboxylic acids is 1. The molecule has 3 aromatic rings. The molecule has 4 rings (SSSR count). The van der Waals surface area contributed by atoms with Gasteiger partial charge in [-0.15, -0.1) is 0 Å². The minimum atomic E-state index is -4.43. The van der Waals surface area contributed by atoms with E-state index in [9.17, 15) is 27.9 Å². The molecule has 3 N–H and O–H groups in total. The second kappa shape index (κ2) is 9.22. The summed E-state index contributed by atoms with van der Waals surface area (Å²) < 4.78 is 25.9. The highest BCUT2D eigenvalue weighted by Gasteiger charge is 2.34. The third-order valence-corrected chi connectivity index (χ3v) is 8.30. The largest absolute Gasteiger partial charge is 0.476 e. The molecule has 34 heavy (non-hydrogen) atoms. The van der Waals surface area contributed by atoms with Gasteiger partial charge in [0.15, 0.2) is 20.8 Å². The highest BCUT2D eigenvalue weighted by molar-refractivity contribution is 7.93. The number of nitrogens with zero attached hydrogens (tertiary/aromatic N) is 6. The van der Waals surface area contributed by atoms with Crippen LogP contribution in [0.5, 0.6) is 0 Å². The van der Waals surface area contributed by atoms with Gasteiger partial charge in [0.05, 0.1) is 5.56 Å². The van der Waals surface area contributed by atoms with Crippen molar-refractivity contribution in [1.82, 2.24) is 30.2 Å². The minimum Gasteiger partial charge on any atom is -0.476 e. The molecule has 16 heteroatoms. The quantitative estimate of drug-likeness (QED) is 0.393. The number of anilines is 2. The van der Waals surface area contributed by atoms with Crippen LogP contribution < -0.4 is 10.6 Å². The van der Waals surface area contributed by atoms with Gasteiger partial charge in [0, 0.05) is 19.2 Å². The number of aromatic nitrogens is 6. The Balaban J connectivity index is 1.57. The standard InChI is InChI=1S/C18H18N8O6S2/c1-26-18(23-24-25-26)34(31,32)15-11(14(28)29)20-17(33-15)22-16(30)21-13-10(7-4-8-19-13)12(27)9-5-2-3-6-9/h4,7-9H,2-3,5-6H2,1H3,(H,28,29)(H2,19,20,21,22,30). The lowest BCUT2D eigenvalue weighted by molar-refractivity contribution is 0.0687. The third kappa shape index (κ3) is 4.49. The maximum atomic E-state index is 12.8. The smallest absolute Gasteiger partial charge is 0.356 e. The maximum absolute atomic E-state index is 12.8. The normalized spacial score (nSPS) is 14.1. The average molecular weight is 507 g/mol. The van der Waals surface area contributed by atoms with E-state index in [1.54, 1.807) is 12.1 Å². The van der Waals surface area contributed by atoms with E-state index in [1.807, 2.05) is 0 Å². The first-order valence-corrected chi connectivity index (χ1v) is 12.3. The third-order valence-electron chi connectivity index (χ3n) is 5.12. The van der Waals surface area contributed by atoms with Crippen LogP contribution in [0.3, 0.4) is 0 Å². The van der Waals surface area contributed by atoms with Crippen molar-refractivity contribution in [2.45, 2.75) is 35.0 Å². The molecule has 0 bridgehead atoms. The number of carboxylic acid groups (broad SMARTS) is 1. The van der Waals surface area contributed by atoms with Crippen molar-refractivity contribution in [3.8, 4) is 0 Å². The Kier molecular flexibility index (Phi) is 6.34. The molecule has 14 nitrogen and oxygen atoms in total. The summed E-state index contributed by atoms with van der Waals surface area (Å²) in [5.41, 5.74) is -0.536. The molecule has 1 aliphatic carbocycles. The number of rotatable bonds is 7. The fourth-order valence-corrected chi connectivity index (χ4v) is 6.22. The summed E-state index contributed by atoms with van der Waals surface area (Å²) in [4.78, 5) is 44.8. The number of tetrazole rings is 1. The van der Waals surface area contributed by atoms with E-state index in [4.69, 9.17) is 0 Å². The van der Waals surface area contributed by atoms with Crippen molar-refractivity contribution >= 4 is 49.9 Å². The van der Waals surface area contributed by atoms with Gasteiger partial charge in [0.2, 0.25) is 0 Å². The molecule has 0 aromatic carbocycles. The number of hydrogen-bond acceptors (Lipinski definition) is 11. The summed E-state index contributed by atoms with van der Waals surface area (Å²) in [5.74, 6) is -1.83. The molecule has 0 saturated heterocycles. The van der Waals surface area contributed by atoms with Crippen molar-refractivity contribution in [2.75, 3.05) is 10.6 Å². The molecular weight excluding hydrogens is 488 g/mol.